The molecule has 50 heavy (non-hydrogen) atoms. The van der Waals surface area contributed by atoms with E-state index in [0.717, 1.165) is 60.8 Å². The van der Waals surface area contributed by atoms with Gasteiger partial charge in [-0.25, -0.2) is 4.79 Å². The highest BCUT2D eigenvalue weighted by Crippen LogP contribution is 2.57. The smallest absolute Gasteiger partial charge is 0.507 e. The first-order valence-electron chi connectivity index (χ1n) is 17.9. The number of aliphatic hydroxyl groups excluding tert-OH is 1. The number of rotatable bonds is 19. The van der Waals surface area contributed by atoms with Crippen molar-refractivity contribution < 1.29 is 43.5 Å². The minimum Gasteiger partial charge on any atom is -0.507 e. The molecule has 1 saturated carbocycles. The van der Waals surface area contributed by atoms with Crippen molar-refractivity contribution in [1.82, 2.24) is 0 Å². The Hall–Kier alpha value is -3.66. The van der Waals surface area contributed by atoms with Crippen molar-refractivity contribution in [2.24, 2.45) is 29.6 Å². The van der Waals surface area contributed by atoms with Gasteiger partial charge >= 0.3 is 6.16 Å². The molecule has 2 N–H and O–H groups in total. The maximum atomic E-state index is 13.5. The molecule has 8 atom stereocenters. The SMILES string of the molecule is C=CCOC(=O)O[C@H](C)[C@H]1C(=O)C2C(C(O)OCC=C)=C(COCOc3cc(CCCCC)cc(O)c3[C@@H]3C=C(C)CC[C@H]3C(=C)C)[C@H](C)C21. The summed E-state index contributed by atoms with van der Waals surface area (Å²) in [5, 5.41) is 22.6. The van der Waals surface area contributed by atoms with Crippen LogP contribution in [0.4, 0.5) is 4.79 Å². The average Bonchev–Trinajstić information content (AvgIpc) is 3.31. The molecule has 0 saturated heterocycles. The Morgan fingerprint density at radius 2 is 1.90 bits per heavy atom. The Balaban J connectivity index is 1.56. The minimum absolute atomic E-state index is 0.00442. The molecule has 9 nitrogen and oxygen atoms in total. The maximum Gasteiger partial charge on any atom is 0.508 e. The van der Waals surface area contributed by atoms with Gasteiger partial charge in [-0.2, -0.15) is 0 Å². The van der Waals surface area contributed by atoms with Crippen LogP contribution in [-0.2, 0) is 30.2 Å². The van der Waals surface area contributed by atoms with Gasteiger partial charge < -0.3 is 33.9 Å². The molecule has 4 rings (SSSR count). The Morgan fingerprint density at radius 1 is 1.16 bits per heavy atom. The second-order valence-corrected chi connectivity index (χ2v) is 14.0. The van der Waals surface area contributed by atoms with Crippen LogP contribution in [0.5, 0.6) is 11.5 Å². The molecule has 1 aromatic carbocycles. The number of aromatic hydroxyl groups is 1. The van der Waals surface area contributed by atoms with E-state index in [2.05, 4.69) is 39.7 Å². The van der Waals surface area contributed by atoms with Crippen LogP contribution in [0.25, 0.3) is 0 Å². The van der Waals surface area contributed by atoms with Gasteiger partial charge in [0.2, 0.25) is 0 Å². The van der Waals surface area contributed by atoms with Gasteiger partial charge in [-0.05, 0) is 93.1 Å². The first kappa shape index (κ1) is 39.1. The fourth-order valence-corrected chi connectivity index (χ4v) is 8.05. The van der Waals surface area contributed by atoms with Crippen molar-refractivity contribution in [3.63, 3.8) is 0 Å². The van der Waals surface area contributed by atoms with Crippen molar-refractivity contribution >= 4 is 11.9 Å². The third-order valence-electron chi connectivity index (χ3n) is 10.5. The molecule has 274 valence electrons. The van der Waals surface area contributed by atoms with Crippen LogP contribution in [0.1, 0.15) is 83.8 Å². The number of unbranched alkanes of at least 4 members (excludes halogenated alkanes) is 2. The fraction of sp³-hybridized carbons (Fsp3) is 0.561. The van der Waals surface area contributed by atoms with E-state index in [9.17, 15) is 19.8 Å². The van der Waals surface area contributed by atoms with Crippen molar-refractivity contribution in [1.29, 1.82) is 0 Å². The predicted molar refractivity (Wildman–Crippen MR) is 193 cm³/mol. The molecule has 0 aromatic heterocycles. The molecule has 0 aliphatic heterocycles. The van der Waals surface area contributed by atoms with E-state index in [4.69, 9.17) is 23.7 Å². The molecule has 3 aliphatic carbocycles. The van der Waals surface area contributed by atoms with E-state index in [0.29, 0.717) is 11.3 Å². The molecular weight excluding hydrogens is 636 g/mol. The van der Waals surface area contributed by atoms with E-state index in [1.807, 2.05) is 26.0 Å². The molecule has 9 heteroatoms. The van der Waals surface area contributed by atoms with E-state index in [-0.39, 0.29) is 61.8 Å². The molecule has 3 aliphatic rings. The summed E-state index contributed by atoms with van der Waals surface area (Å²) in [6, 6.07) is 3.88. The maximum absolute atomic E-state index is 13.5. The minimum atomic E-state index is -1.33. The van der Waals surface area contributed by atoms with Crippen molar-refractivity contribution in [2.75, 3.05) is 26.6 Å². The highest BCUT2D eigenvalue weighted by molar-refractivity contribution is 5.95. The molecule has 0 amide bonds. The van der Waals surface area contributed by atoms with Gasteiger partial charge in [0.1, 0.15) is 30.0 Å². The number of hydrogen-bond acceptors (Lipinski definition) is 9. The van der Waals surface area contributed by atoms with Crippen LogP contribution in [0.2, 0.25) is 0 Å². The average molecular weight is 693 g/mol. The number of aryl methyl sites for hydroxylation is 1. The third kappa shape index (κ3) is 8.79. The van der Waals surface area contributed by atoms with Gasteiger partial charge in [0.05, 0.1) is 19.1 Å². The molecule has 0 bridgehead atoms. The lowest BCUT2D eigenvalue weighted by atomic mass is 9.59. The molecule has 1 aromatic rings. The number of Topliss-reactive ketones (excluding diaryl/α,β-unsaturated/α-hetero) is 1. The number of aliphatic hydroxyl groups is 1. The fourth-order valence-electron chi connectivity index (χ4n) is 8.05. The summed E-state index contributed by atoms with van der Waals surface area (Å²) in [6.45, 7) is 21.5. The van der Waals surface area contributed by atoms with Gasteiger partial charge in [0.25, 0.3) is 0 Å². The van der Waals surface area contributed by atoms with Gasteiger partial charge in [-0.3, -0.25) is 4.79 Å². The Kier molecular flexibility index (Phi) is 14.1. The van der Waals surface area contributed by atoms with Crippen LogP contribution in [0.15, 0.2) is 72.4 Å². The van der Waals surface area contributed by atoms with Gasteiger partial charge in [-0.1, -0.05) is 69.2 Å². The topological polar surface area (TPSA) is 121 Å². The van der Waals surface area contributed by atoms with Crippen LogP contribution in [-0.4, -0.2) is 61.2 Å². The van der Waals surface area contributed by atoms with Crippen molar-refractivity contribution in [3.05, 3.63) is 83.5 Å². The molecule has 1 fully saturated rings. The van der Waals surface area contributed by atoms with E-state index in [1.165, 1.54) is 17.7 Å². The summed E-state index contributed by atoms with van der Waals surface area (Å²) in [6.07, 6.45) is 8.23. The van der Waals surface area contributed by atoms with Crippen LogP contribution in [0.3, 0.4) is 0 Å². The normalized spacial score (nSPS) is 25.6. The number of phenolic OH excluding ortho intramolecular Hbond substituents is 1. The quantitative estimate of drug-likeness (QED) is 0.0641. The number of ether oxygens (including phenoxy) is 5. The summed E-state index contributed by atoms with van der Waals surface area (Å²) < 4.78 is 28.5. The summed E-state index contributed by atoms with van der Waals surface area (Å²) >= 11 is 0. The number of phenols is 1. The van der Waals surface area contributed by atoms with Crippen molar-refractivity contribution in [2.45, 2.75) is 91.5 Å². The van der Waals surface area contributed by atoms with E-state index >= 15 is 0 Å². The Labute approximate surface area is 297 Å². The van der Waals surface area contributed by atoms with E-state index < -0.39 is 30.4 Å². The summed E-state index contributed by atoms with van der Waals surface area (Å²) in [4.78, 5) is 25.7. The molecule has 3 unspecified atom stereocenters. The monoisotopic (exact) mass is 692 g/mol. The summed E-state index contributed by atoms with van der Waals surface area (Å²) in [5.41, 5.74) is 5.30. The second kappa shape index (κ2) is 18.0. The number of ketones is 1. The molecule has 0 spiro atoms. The third-order valence-corrected chi connectivity index (χ3v) is 10.5. The van der Waals surface area contributed by atoms with Crippen LogP contribution in [0, 0.1) is 29.6 Å². The first-order valence-corrected chi connectivity index (χ1v) is 17.9. The number of hydrogen-bond donors (Lipinski definition) is 2. The van der Waals surface area contributed by atoms with E-state index in [1.54, 1.807) is 6.92 Å². The zero-order valence-corrected chi connectivity index (χ0v) is 30.5. The van der Waals surface area contributed by atoms with Gasteiger partial charge in [0.15, 0.2) is 13.1 Å². The number of fused-ring (bicyclic) bond motifs is 1. The lowest BCUT2D eigenvalue weighted by Gasteiger charge is -2.45. The summed E-state index contributed by atoms with van der Waals surface area (Å²) in [5.74, 6) is -0.822. The zero-order valence-electron chi connectivity index (χ0n) is 30.5. The number of carbonyl (C=O) groups excluding carboxylic acids is 2. The zero-order chi connectivity index (χ0) is 36.5. The van der Waals surface area contributed by atoms with Crippen molar-refractivity contribution in [3.8, 4) is 11.5 Å². The predicted octanol–water partition coefficient (Wildman–Crippen LogP) is 8.12. The summed E-state index contributed by atoms with van der Waals surface area (Å²) in [7, 11) is 0. The Bertz CT molecular complexity index is 1470. The number of allylic oxidation sites excluding steroid dienone is 3. The highest BCUT2D eigenvalue weighted by Gasteiger charge is 2.62. The number of carbonyl (C=O) groups is 2. The van der Waals surface area contributed by atoms with Crippen LogP contribution < -0.4 is 4.74 Å². The lowest BCUT2D eigenvalue weighted by molar-refractivity contribution is -0.152. The number of benzene rings is 1. The molecule has 0 heterocycles. The first-order chi connectivity index (χ1) is 23.9. The highest BCUT2D eigenvalue weighted by atomic mass is 16.7. The van der Waals surface area contributed by atoms with Gasteiger partial charge in [-0.15, -0.1) is 6.58 Å². The molecule has 0 radical (unpaired) electrons. The standard InChI is InChI=1S/C41H56O9/c1-9-12-13-14-28-20-32(42)36(30-19-25(6)15-16-29(30)24(4)5)33(21-28)49-23-46-22-31-26(7)34-35(27(8)50-41(45)48-18-11-3)39(43)38(34)37(31)40(44)47-17-10-2/h10-11,19-21,26-27,29-30,34-35,38,40,42,44H,2-4,9,12-18,22-23H2,1,5-8H3/t26-,27+,29-,30+,34?,35+,38?,40?/m0/s1. The van der Waals surface area contributed by atoms with Crippen LogP contribution >= 0.6 is 0 Å². The van der Waals surface area contributed by atoms with Gasteiger partial charge in [0, 0.05) is 17.4 Å². The molecular formula is C41H56O9. The second-order valence-electron chi connectivity index (χ2n) is 14.0. The lowest BCUT2D eigenvalue weighted by Crippen LogP contribution is -2.54. The largest absolute Gasteiger partial charge is 0.508 e. The Morgan fingerprint density at radius 3 is 2.58 bits per heavy atom.